The minimum atomic E-state index is -0.491. The van der Waals surface area contributed by atoms with E-state index in [9.17, 15) is 10.0 Å². The second-order valence-electron chi connectivity index (χ2n) is 5.69. The number of hydrogen-bond acceptors (Lipinski definition) is 4. The summed E-state index contributed by atoms with van der Waals surface area (Å²) in [6.45, 7) is 0. The number of fused-ring (bicyclic) bond motifs is 1. The van der Waals surface area contributed by atoms with E-state index in [-0.39, 0.29) is 5.82 Å². The van der Waals surface area contributed by atoms with Crippen LogP contribution in [0.2, 0.25) is 5.02 Å². The van der Waals surface area contributed by atoms with Crippen molar-refractivity contribution in [1.29, 1.82) is 0 Å². The predicted molar refractivity (Wildman–Crippen MR) is 89.7 cm³/mol. The molecule has 4 rings (SSSR count). The molecule has 0 bridgehead atoms. The summed E-state index contributed by atoms with van der Waals surface area (Å²) in [7, 11) is 0. The average Bonchev–Trinajstić information content (AvgIpc) is 3.40. The lowest BCUT2D eigenvalue weighted by Crippen LogP contribution is -2.23. The molecule has 0 spiro atoms. The van der Waals surface area contributed by atoms with Crippen molar-refractivity contribution in [3.8, 4) is 5.69 Å². The Bertz CT molecular complexity index is 964. The fraction of sp³-hybridized carbons (Fsp3) is 0.176. The van der Waals surface area contributed by atoms with Crippen LogP contribution in [0.1, 0.15) is 24.3 Å². The molecule has 0 atom stereocenters. The highest BCUT2D eigenvalue weighted by molar-refractivity contribution is 6.32. The van der Waals surface area contributed by atoms with Crippen LogP contribution in [-0.4, -0.2) is 14.8 Å². The van der Waals surface area contributed by atoms with E-state index in [1.54, 1.807) is 12.1 Å². The number of benzene rings is 2. The third kappa shape index (κ3) is 2.38. The van der Waals surface area contributed by atoms with Crippen molar-refractivity contribution in [2.45, 2.75) is 18.8 Å². The summed E-state index contributed by atoms with van der Waals surface area (Å²) in [6.07, 6.45) is 2.33. The second-order valence-corrected chi connectivity index (χ2v) is 6.10. The lowest BCUT2D eigenvalue weighted by atomic mass is 10.1. The fourth-order valence-corrected chi connectivity index (χ4v) is 3.08. The molecule has 1 heterocycles. The summed E-state index contributed by atoms with van der Waals surface area (Å²) in [6, 6.07) is 13.0. The summed E-state index contributed by atoms with van der Waals surface area (Å²) < 4.78 is 1.49. The molecule has 0 aliphatic heterocycles. The molecule has 1 aromatic heterocycles. The molecule has 5 nitrogen and oxygen atoms in total. The first-order valence-electron chi connectivity index (χ1n) is 7.41. The van der Waals surface area contributed by atoms with Gasteiger partial charge in [0.15, 0.2) is 5.82 Å². The largest absolute Gasteiger partial charge is 0.354 e. The zero-order chi connectivity index (χ0) is 16.0. The summed E-state index contributed by atoms with van der Waals surface area (Å²) in [5.74, 6) is 0.698. The van der Waals surface area contributed by atoms with Gasteiger partial charge >= 0.3 is 5.69 Å². The summed E-state index contributed by atoms with van der Waals surface area (Å²) in [5, 5.41) is 10.4. The quantitative estimate of drug-likeness (QED) is 0.719. The normalized spacial score (nSPS) is 14.2. The predicted octanol–water partition coefficient (Wildman–Crippen LogP) is 3.72. The Morgan fingerprint density at radius 2 is 2.00 bits per heavy atom. The molecule has 2 N–H and O–H groups in total. The molecule has 23 heavy (non-hydrogen) atoms. The first-order valence-corrected chi connectivity index (χ1v) is 7.78. The maximum Gasteiger partial charge on any atom is 0.354 e. The first kappa shape index (κ1) is 14.2. The zero-order valence-corrected chi connectivity index (χ0v) is 12.9. The molecule has 1 fully saturated rings. The van der Waals surface area contributed by atoms with Crippen molar-refractivity contribution in [3.63, 3.8) is 0 Å². The maximum absolute atomic E-state index is 12.5. The molecular formula is C17H14ClN3O2. The molecule has 1 saturated carbocycles. The highest BCUT2D eigenvalue weighted by Gasteiger charge is 2.24. The van der Waals surface area contributed by atoms with Gasteiger partial charge in [-0.3, -0.25) is 15.3 Å². The number of nitrogens with one attached hydrogen (secondary N) is 1. The van der Waals surface area contributed by atoms with Crippen molar-refractivity contribution >= 4 is 28.3 Å². The lowest BCUT2D eigenvalue weighted by molar-refractivity contribution is 0.386. The van der Waals surface area contributed by atoms with Crippen LogP contribution in [0.25, 0.3) is 16.6 Å². The Balaban J connectivity index is 2.09. The number of anilines is 1. The number of rotatable bonds is 3. The van der Waals surface area contributed by atoms with E-state index in [4.69, 9.17) is 11.6 Å². The van der Waals surface area contributed by atoms with Crippen LogP contribution in [0.5, 0.6) is 0 Å². The maximum atomic E-state index is 12.5. The fourth-order valence-electron chi connectivity index (χ4n) is 2.86. The number of hydrogen-bond donors (Lipinski definition) is 2. The Hall–Kier alpha value is -2.37. The number of para-hydroxylation sites is 1. The highest BCUT2D eigenvalue weighted by atomic mass is 35.5. The van der Waals surface area contributed by atoms with Crippen molar-refractivity contribution in [3.05, 3.63) is 63.5 Å². The van der Waals surface area contributed by atoms with Crippen LogP contribution >= 0.6 is 11.6 Å². The molecular weight excluding hydrogens is 314 g/mol. The van der Waals surface area contributed by atoms with E-state index in [1.807, 2.05) is 35.8 Å². The van der Waals surface area contributed by atoms with E-state index in [0.717, 1.165) is 12.8 Å². The number of nitrogens with zero attached hydrogens (tertiary/aromatic N) is 2. The van der Waals surface area contributed by atoms with E-state index in [1.165, 1.54) is 10.1 Å². The van der Waals surface area contributed by atoms with Gasteiger partial charge in [0.1, 0.15) is 0 Å². The molecule has 0 amide bonds. The SMILES string of the molecule is O=c1nc(NO)c2ccc(C3CC3)cc2n1-c1ccccc1Cl. The summed E-state index contributed by atoms with van der Waals surface area (Å²) in [4.78, 5) is 16.4. The van der Waals surface area contributed by atoms with Gasteiger partial charge in [-0.1, -0.05) is 29.8 Å². The van der Waals surface area contributed by atoms with Crippen molar-refractivity contribution in [2.24, 2.45) is 0 Å². The molecule has 0 unspecified atom stereocenters. The van der Waals surface area contributed by atoms with Crippen LogP contribution in [0.15, 0.2) is 47.3 Å². The minimum Gasteiger partial charge on any atom is -0.290 e. The monoisotopic (exact) mass is 327 g/mol. The zero-order valence-electron chi connectivity index (χ0n) is 12.2. The van der Waals surface area contributed by atoms with Crippen LogP contribution in [0.3, 0.4) is 0 Å². The Morgan fingerprint density at radius 3 is 2.70 bits per heavy atom. The number of aromatic nitrogens is 2. The molecule has 6 heteroatoms. The van der Waals surface area contributed by atoms with Crippen LogP contribution in [-0.2, 0) is 0 Å². The minimum absolute atomic E-state index is 0.149. The first-order chi connectivity index (χ1) is 11.2. The van der Waals surface area contributed by atoms with Gasteiger partial charge in [0.2, 0.25) is 0 Å². The van der Waals surface area contributed by atoms with Crippen LogP contribution in [0.4, 0.5) is 5.82 Å². The standard InChI is InChI=1S/C17H14ClN3O2/c18-13-3-1-2-4-14(13)21-15-9-11(10-5-6-10)7-8-12(15)16(20-23)19-17(21)22/h1-4,7-10,23H,5-6H2,(H,19,20,22). The van der Waals surface area contributed by atoms with Crippen molar-refractivity contribution < 1.29 is 5.21 Å². The molecule has 2 aromatic carbocycles. The Kier molecular flexibility index (Phi) is 3.32. The van der Waals surface area contributed by atoms with Crippen LogP contribution in [0, 0.1) is 0 Å². The third-order valence-electron chi connectivity index (χ3n) is 4.16. The molecule has 1 aliphatic rings. The Morgan fingerprint density at radius 1 is 1.22 bits per heavy atom. The molecule has 1 aliphatic carbocycles. The molecule has 0 radical (unpaired) electrons. The topological polar surface area (TPSA) is 67.2 Å². The molecule has 116 valence electrons. The number of halogens is 1. The van der Waals surface area contributed by atoms with Gasteiger partial charge in [-0.15, -0.1) is 0 Å². The van der Waals surface area contributed by atoms with E-state index in [0.29, 0.717) is 27.5 Å². The van der Waals surface area contributed by atoms with Gasteiger partial charge in [-0.2, -0.15) is 4.98 Å². The van der Waals surface area contributed by atoms with Crippen molar-refractivity contribution in [2.75, 3.05) is 5.48 Å². The van der Waals surface area contributed by atoms with Gasteiger partial charge < -0.3 is 0 Å². The highest BCUT2D eigenvalue weighted by Crippen LogP contribution is 2.41. The average molecular weight is 328 g/mol. The Labute approximate surface area is 137 Å². The van der Waals surface area contributed by atoms with Gasteiger partial charge in [0, 0.05) is 5.39 Å². The van der Waals surface area contributed by atoms with Gasteiger partial charge in [-0.05, 0) is 48.6 Å². The van der Waals surface area contributed by atoms with Gasteiger partial charge in [0.05, 0.1) is 16.2 Å². The summed E-state index contributed by atoms with van der Waals surface area (Å²) in [5.41, 5.74) is 3.97. The van der Waals surface area contributed by atoms with Crippen molar-refractivity contribution in [1.82, 2.24) is 9.55 Å². The van der Waals surface area contributed by atoms with Gasteiger partial charge in [-0.25, -0.2) is 4.79 Å². The smallest absolute Gasteiger partial charge is 0.290 e. The van der Waals surface area contributed by atoms with Crippen LogP contribution < -0.4 is 11.2 Å². The van der Waals surface area contributed by atoms with E-state index in [2.05, 4.69) is 4.98 Å². The van der Waals surface area contributed by atoms with E-state index >= 15 is 0 Å². The second kappa shape index (κ2) is 5.37. The van der Waals surface area contributed by atoms with Gasteiger partial charge in [0.25, 0.3) is 0 Å². The van der Waals surface area contributed by atoms with E-state index < -0.39 is 5.69 Å². The molecule has 3 aromatic rings. The third-order valence-corrected chi connectivity index (χ3v) is 4.48. The molecule has 0 saturated heterocycles. The summed E-state index contributed by atoms with van der Waals surface area (Å²) >= 11 is 6.27. The lowest BCUT2D eigenvalue weighted by Gasteiger charge is -2.14.